The molecule has 0 aliphatic rings. The molecule has 0 amide bonds. The van der Waals surface area contributed by atoms with Gasteiger partial charge in [-0.1, -0.05) is 26.2 Å². The maximum Gasteiger partial charge on any atom is 0.194 e. The summed E-state index contributed by atoms with van der Waals surface area (Å²) in [5.74, 6) is 0.267. The summed E-state index contributed by atoms with van der Waals surface area (Å²) in [5, 5.41) is 19.6. The highest BCUT2D eigenvalue weighted by molar-refractivity contribution is 5.91. The summed E-state index contributed by atoms with van der Waals surface area (Å²) in [5.41, 5.74) is 0. The van der Waals surface area contributed by atoms with Crippen molar-refractivity contribution in [1.29, 1.82) is 0 Å². The second kappa shape index (κ2) is 6.57. The number of rotatable bonds is 7. The lowest BCUT2D eigenvalue weighted by atomic mass is 10.0. The Hall–Kier alpha value is -1.13. The second-order valence-electron chi connectivity index (χ2n) is 4.27. The van der Waals surface area contributed by atoms with Gasteiger partial charge >= 0.3 is 0 Å². The summed E-state index contributed by atoms with van der Waals surface area (Å²) in [7, 11) is 0. The lowest BCUT2D eigenvalue weighted by Crippen LogP contribution is -2.17. The Morgan fingerprint density at radius 2 is 2.06 bits per heavy atom. The van der Waals surface area contributed by atoms with Crippen molar-refractivity contribution in [2.24, 2.45) is 0 Å². The average molecular weight is 240 g/mol. The molecule has 0 fully saturated rings. The summed E-state index contributed by atoms with van der Waals surface area (Å²) in [4.78, 5) is 11.0. The largest absolute Gasteiger partial charge is 0.455 e. The second-order valence-corrected chi connectivity index (χ2v) is 4.27. The fraction of sp³-hybridized carbons (Fsp3) is 0.615. The van der Waals surface area contributed by atoms with Gasteiger partial charge < -0.3 is 14.6 Å². The molecule has 0 bridgehead atoms. The minimum absolute atomic E-state index is 0.191. The summed E-state index contributed by atoms with van der Waals surface area (Å²) >= 11 is 0. The third kappa shape index (κ3) is 3.98. The van der Waals surface area contributed by atoms with Crippen molar-refractivity contribution in [2.45, 2.75) is 51.7 Å². The zero-order valence-electron chi connectivity index (χ0n) is 10.3. The van der Waals surface area contributed by atoms with Gasteiger partial charge in [-0.05, 0) is 18.6 Å². The predicted octanol–water partition coefficient (Wildman–Crippen LogP) is 2.46. The number of carbonyl (C=O) groups excluding carboxylic acids is 1. The number of furan rings is 1. The molecule has 0 aromatic carbocycles. The predicted molar refractivity (Wildman–Crippen MR) is 63.8 cm³/mol. The Bertz CT molecular complexity index is 356. The number of carbonyl (C=O) groups is 1. The van der Waals surface area contributed by atoms with E-state index in [1.807, 2.05) is 0 Å². The van der Waals surface area contributed by atoms with E-state index in [2.05, 4.69) is 6.92 Å². The maximum absolute atomic E-state index is 11.0. The maximum atomic E-state index is 11.0. The minimum atomic E-state index is -1.06. The lowest BCUT2D eigenvalue weighted by molar-refractivity contribution is -0.000720. The fourth-order valence-corrected chi connectivity index (χ4v) is 1.65. The molecule has 0 radical (unpaired) electrons. The van der Waals surface area contributed by atoms with Crippen molar-refractivity contribution < 1.29 is 19.4 Å². The van der Waals surface area contributed by atoms with Crippen LogP contribution in [-0.2, 0) is 0 Å². The molecule has 1 aromatic rings. The van der Waals surface area contributed by atoms with Gasteiger partial charge in [0.1, 0.15) is 11.9 Å². The molecular weight excluding hydrogens is 220 g/mol. The number of aliphatic hydroxyl groups excluding tert-OH is 2. The van der Waals surface area contributed by atoms with E-state index in [9.17, 15) is 15.0 Å². The summed E-state index contributed by atoms with van der Waals surface area (Å²) in [6, 6.07) is 3.05. The molecule has 0 saturated carbocycles. The van der Waals surface area contributed by atoms with Crippen LogP contribution in [0.2, 0.25) is 0 Å². The molecule has 2 N–H and O–H groups in total. The zero-order chi connectivity index (χ0) is 12.8. The van der Waals surface area contributed by atoms with Gasteiger partial charge in [-0.2, -0.15) is 0 Å². The van der Waals surface area contributed by atoms with Gasteiger partial charge in [-0.3, -0.25) is 4.79 Å². The van der Waals surface area contributed by atoms with E-state index in [-0.39, 0.29) is 17.3 Å². The summed E-state index contributed by atoms with van der Waals surface area (Å²) in [6.07, 6.45) is 1.60. The number of hydrogen-bond donors (Lipinski definition) is 2. The van der Waals surface area contributed by atoms with Crippen molar-refractivity contribution >= 4 is 5.78 Å². The Morgan fingerprint density at radius 3 is 2.59 bits per heavy atom. The molecule has 17 heavy (non-hydrogen) atoms. The van der Waals surface area contributed by atoms with Crippen LogP contribution < -0.4 is 0 Å². The van der Waals surface area contributed by atoms with Crippen LogP contribution in [0, 0.1) is 0 Å². The molecule has 0 aliphatic carbocycles. The topological polar surface area (TPSA) is 70.7 Å². The van der Waals surface area contributed by atoms with Crippen LogP contribution in [0.1, 0.15) is 61.9 Å². The molecule has 2 atom stereocenters. The van der Waals surface area contributed by atoms with Crippen LogP contribution in [0.5, 0.6) is 0 Å². The number of Topliss-reactive ketones (excluding diaryl/α,β-unsaturated/α-hetero) is 1. The standard InChI is InChI=1S/C13H20O4/c1-3-4-5-6-10(15)13(16)12-8-7-11(17-12)9(2)14/h7-8,10,13,15-16H,3-6H2,1-2H3/t10-,13+/m1/s1. The number of ketones is 1. The smallest absolute Gasteiger partial charge is 0.194 e. The molecule has 4 nitrogen and oxygen atoms in total. The molecule has 1 heterocycles. The van der Waals surface area contributed by atoms with Gasteiger partial charge in [0.05, 0.1) is 6.10 Å². The first-order chi connectivity index (χ1) is 8.06. The monoisotopic (exact) mass is 240 g/mol. The number of aliphatic hydroxyl groups is 2. The van der Waals surface area contributed by atoms with E-state index >= 15 is 0 Å². The Morgan fingerprint density at radius 1 is 1.35 bits per heavy atom. The Kier molecular flexibility index (Phi) is 5.38. The molecule has 96 valence electrons. The van der Waals surface area contributed by atoms with Gasteiger partial charge in [0, 0.05) is 6.92 Å². The van der Waals surface area contributed by atoms with Crippen molar-refractivity contribution in [1.82, 2.24) is 0 Å². The van der Waals surface area contributed by atoms with Gasteiger partial charge in [-0.15, -0.1) is 0 Å². The minimum Gasteiger partial charge on any atom is -0.455 e. The van der Waals surface area contributed by atoms with Gasteiger partial charge in [0.2, 0.25) is 0 Å². The average Bonchev–Trinajstić information content (AvgIpc) is 2.77. The molecule has 1 rings (SSSR count). The fourth-order valence-electron chi connectivity index (χ4n) is 1.65. The van der Waals surface area contributed by atoms with Crippen LogP contribution in [0.15, 0.2) is 16.5 Å². The van der Waals surface area contributed by atoms with Crippen LogP contribution in [0.4, 0.5) is 0 Å². The molecule has 0 aliphatic heterocycles. The van der Waals surface area contributed by atoms with Crippen LogP contribution in [-0.4, -0.2) is 22.1 Å². The molecule has 1 aromatic heterocycles. The van der Waals surface area contributed by atoms with E-state index < -0.39 is 12.2 Å². The van der Waals surface area contributed by atoms with Gasteiger partial charge in [0.25, 0.3) is 0 Å². The normalized spacial score (nSPS) is 14.6. The molecule has 0 saturated heterocycles. The third-order valence-corrected chi connectivity index (χ3v) is 2.73. The zero-order valence-corrected chi connectivity index (χ0v) is 10.3. The molecular formula is C13H20O4. The molecule has 4 heteroatoms. The van der Waals surface area contributed by atoms with Crippen LogP contribution in [0.3, 0.4) is 0 Å². The number of hydrogen-bond acceptors (Lipinski definition) is 4. The highest BCUT2D eigenvalue weighted by atomic mass is 16.4. The quantitative estimate of drug-likeness (QED) is 0.567. The summed E-state index contributed by atoms with van der Waals surface area (Å²) < 4.78 is 5.17. The highest BCUT2D eigenvalue weighted by Crippen LogP contribution is 2.23. The van der Waals surface area contributed by atoms with Crippen molar-refractivity contribution in [3.8, 4) is 0 Å². The molecule has 0 spiro atoms. The first-order valence-electron chi connectivity index (χ1n) is 6.03. The summed E-state index contributed by atoms with van der Waals surface area (Å²) in [6.45, 7) is 3.47. The van der Waals surface area contributed by atoms with E-state index in [1.54, 1.807) is 0 Å². The first-order valence-corrected chi connectivity index (χ1v) is 6.03. The Labute approximate surface area is 101 Å². The van der Waals surface area contributed by atoms with Gasteiger partial charge in [0.15, 0.2) is 11.5 Å². The van der Waals surface area contributed by atoms with E-state index in [0.717, 1.165) is 19.3 Å². The Balaban J connectivity index is 2.55. The van der Waals surface area contributed by atoms with Crippen molar-refractivity contribution in [3.05, 3.63) is 23.7 Å². The van der Waals surface area contributed by atoms with Gasteiger partial charge in [-0.25, -0.2) is 0 Å². The van der Waals surface area contributed by atoms with Crippen LogP contribution >= 0.6 is 0 Å². The first kappa shape index (κ1) is 13.9. The third-order valence-electron chi connectivity index (χ3n) is 2.73. The van der Waals surface area contributed by atoms with Crippen molar-refractivity contribution in [3.63, 3.8) is 0 Å². The van der Waals surface area contributed by atoms with E-state index in [4.69, 9.17) is 4.42 Å². The van der Waals surface area contributed by atoms with E-state index in [0.29, 0.717) is 6.42 Å². The van der Waals surface area contributed by atoms with Crippen molar-refractivity contribution in [2.75, 3.05) is 0 Å². The SMILES string of the molecule is CCCCC[C@@H](O)[C@H](O)c1ccc(C(C)=O)o1. The van der Waals surface area contributed by atoms with E-state index in [1.165, 1.54) is 19.1 Å². The molecule has 0 unspecified atom stereocenters. The lowest BCUT2D eigenvalue weighted by Gasteiger charge is -2.15. The van der Waals surface area contributed by atoms with Crippen LogP contribution in [0.25, 0.3) is 0 Å². The highest BCUT2D eigenvalue weighted by Gasteiger charge is 2.21. The number of unbranched alkanes of at least 4 members (excludes halogenated alkanes) is 2.